The molecule has 0 saturated carbocycles. The summed E-state index contributed by atoms with van der Waals surface area (Å²) in [6.07, 6.45) is -12.3. The lowest BCUT2D eigenvalue weighted by Gasteiger charge is -2.46. The Kier molecular flexibility index (Phi) is 12.6. The van der Waals surface area contributed by atoms with Crippen LogP contribution in [0.2, 0.25) is 0 Å². The molecule has 16 heteroatoms. The highest BCUT2D eigenvalue weighted by molar-refractivity contribution is 5.87. The number of aromatic hydroxyl groups is 3. The van der Waals surface area contributed by atoms with Gasteiger partial charge < -0.3 is 68.9 Å². The fourth-order valence-electron chi connectivity index (χ4n) is 5.11. The van der Waals surface area contributed by atoms with Crippen LogP contribution < -0.4 is 4.74 Å². The molecule has 2 aromatic rings. The van der Waals surface area contributed by atoms with E-state index in [1.807, 2.05) is 0 Å². The average molecular weight is 681 g/mol. The molecule has 48 heavy (non-hydrogen) atoms. The number of aliphatic hydroxyl groups is 4. The number of methoxy groups -OCH3 is 1. The predicted molar refractivity (Wildman–Crippen MR) is 162 cm³/mol. The summed E-state index contributed by atoms with van der Waals surface area (Å²) in [6, 6.07) is 8.57. The summed E-state index contributed by atoms with van der Waals surface area (Å²) in [6.45, 7) is 1.93. The number of benzene rings is 2. The number of hydrogen-bond donors (Lipinski definition) is 7. The first-order valence-corrected chi connectivity index (χ1v) is 15.0. The molecule has 0 aliphatic carbocycles. The van der Waals surface area contributed by atoms with Crippen molar-refractivity contribution < 1.29 is 78.5 Å². The summed E-state index contributed by atoms with van der Waals surface area (Å²) in [7, 11) is 1.40. The van der Waals surface area contributed by atoms with E-state index in [4.69, 9.17) is 33.2 Å². The zero-order chi connectivity index (χ0) is 35.1. The van der Waals surface area contributed by atoms with Gasteiger partial charge in [-0.15, -0.1) is 0 Å². The van der Waals surface area contributed by atoms with Crippen LogP contribution in [0.1, 0.15) is 25.0 Å². The molecule has 2 aliphatic rings. The van der Waals surface area contributed by atoms with Gasteiger partial charge in [-0.3, -0.25) is 4.79 Å². The zero-order valence-electron chi connectivity index (χ0n) is 26.3. The van der Waals surface area contributed by atoms with Gasteiger partial charge in [0.2, 0.25) is 0 Å². The number of phenols is 3. The van der Waals surface area contributed by atoms with Crippen molar-refractivity contribution in [2.75, 3.05) is 20.3 Å². The Morgan fingerprint density at radius 1 is 0.854 bits per heavy atom. The number of hydrogen-bond acceptors (Lipinski definition) is 16. The van der Waals surface area contributed by atoms with Crippen LogP contribution >= 0.6 is 0 Å². The maximum atomic E-state index is 12.5. The third kappa shape index (κ3) is 9.12. The van der Waals surface area contributed by atoms with E-state index >= 15 is 0 Å². The van der Waals surface area contributed by atoms with Gasteiger partial charge in [-0.05, 0) is 54.8 Å². The van der Waals surface area contributed by atoms with Crippen molar-refractivity contribution in [1.29, 1.82) is 0 Å². The molecule has 2 fully saturated rings. The highest BCUT2D eigenvalue weighted by Gasteiger charge is 2.52. The Hall–Kier alpha value is -4.00. The van der Waals surface area contributed by atoms with E-state index in [0.717, 1.165) is 13.0 Å². The number of esters is 2. The van der Waals surface area contributed by atoms with Crippen molar-refractivity contribution in [1.82, 2.24) is 0 Å². The molecule has 2 aliphatic heterocycles. The predicted octanol–water partition coefficient (Wildman–Crippen LogP) is -0.142. The summed E-state index contributed by atoms with van der Waals surface area (Å²) in [4.78, 5) is 24.7. The Morgan fingerprint density at radius 2 is 1.58 bits per heavy atom. The fourth-order valence-corrected chi connectivity index (χ4v) is 5.11. The van der Waals surface area contributed by atoms with Crippen molar-refractivity contribution >= 4 is 18.0 Å². The van der Waals surface area contributed by atoms with Crippen LogP contribution in [0.3, 0.4) is 0 Å². The van der Waals surface area contributed by atoms with E-state index in [0.29, 0.717) is 11.1 Å². The minimum absolute atomic E-state index is 0.0433. The molecular weight excluding hydrogens is 640 g/mol. The van der Waals surface area contributed by atoms with Gasteiger partial charge in [0.25, 0.3) is 0 Å². The summed E-state index contributed by atoms with van der Waals surface area (Å²) in [5.74, 6) is -2.22. The molecule has 0 amide bonds. The van der Waals surface area contributed by atoms with E-state index in [9.17, 15) is 45.3 Å². The summed E-state index contributed by atoms with van der Waals surface area (Å²) < 4.78 is 39.1. The molecule has 2 saturated heterocycles. The summed E-state index contributed by atoms with van der Waals surface area (Å²) in [5, 5.41) is 71.4. The molecule has 0 spiro atoms. The van der Waals surface area contributed by atoms with Crippen molar-refractivity contribution in [3.8, 4) is 23.0 Å². The van der Waals surface area contributed by atoms with Crippen LogP contribution in [0.4, 0.5) is 0 Å². The Bertz CT molecular complexity index is 1430. The number of carbonyl (C=O) groups excluding carboxylic acids is 2. The molecule has 2 heterocycles. The average Bonchev–Trinajstić information content (AvgIpc) is 3.05. The van der Waals surface area contributed by atoms with Gasteiger partial charge in [-0.2, -0.15) is 0 Å². The Balaban J connectivity index is 1.53. The minimum Gasteiger partial charge on any atom is -0.504 e. The number of ether oxygens (including phenoxy) is 7. The van der Waals surface area contributed by atoms with Gasteiger partial charge in [-0.25, -0.2) is 4.79 Å². The maximum absolute atomic E-state index is 12.5. The second-order valence-electron chi connectivity index (χ2n) is 11.2. The maximum Gasteiger partial charge on any atom is 0.330 e. The lowest BCUT2D eigenvalue weighted by molar-refractivity contribution is -0.357. The number of carbonyl (C=O) groups is 2. The molecule has 7 N–H and O–H groups in total. The lowest BCUT2D eigenvalue weighted by Crippen LogP contribution is -2.65. The first-order valence-electron chi connectivity index (χ1n) is 15.0. The molecule has 0 unspecified atom stereocenters. The quantitative estimate of drug-likeness (QED) is 0.0877. The fraction of sp³-hybridized carbons (Fsp3) is 0.500. The Morgan fingerprint density at radius 3 is 2.27 bits per heavy atom. The van der Waals surface area contributed by atoms with Gasteiger partial charge in [0.1, 0.15) is 43.2 Å². The SMILES string of the molecule is COc1cc(CCO[C@@H]2O[C@H](COC(=O)/C=C\c3ccc(O)c(O)c3)[C@@H](O)[C@H](O[C@@H]3O[C@@H](C)[C@H](O)[C@@H](O)[C@H]3O)[C@H]2OC(C)=O)ccc1O. The summed E-state index contributed by atoms with van der Waals surface area (Å²) in [5.41, 5.74) is 1.08. The molecule has 0 aromatic heterocycles. The molecule has 2 aromatic carbocycles. The van der Waals surface area contributed by atoms with Crippen LogP contribution in [-0.4, -0.2) is 129 Å². The molecule has 264 valence electrons. The molecule has 10 atom stereocenters. The number of rotatable bonds is 12. The molecule has 16 nitrogen and oxygen atoms in total. The van der Waals surface area contributed by atoms with E-state index in [-0.39, 0.29) is 30.3 Å². The lowest BCUT2D eigenvalue weighted by atomic mass is 9.97. The van der Waals surface area contributed by atoms with Crippen LogP contribution in [0.5, 0.6) is 23.0 Å². The van der Waals surface area contributed by atoms with Crippen molar-refractivity contribution in [3.63, 3.8) is 0 Å². The molecule has 4 rings (SSSR count). The highest BCUT2D eigenvalue weighted by atomic mass is 16.7. The van der Waals surface area contributed by atoms with Gasteiger partial charge in [-0.1, -0.05) is 12.1 Å². The van der Waals surface area contributed by atoms with E-state index < -0.39 is 85.7 Å². The second kappa shape index (κ2) is 16.4. The van der Waals surface area contributed by atoms with E-state index in [2.05, 4.69) is 0 Å². The monoisotopic (exact) mass is 680 g/mol. The van der Waals surface area contributed by atoms with Crippen molar-refractivity contribution in [3.05, 3.63) is 53.6 Å². The molecule has 0 bridgehead atoms. The van der Waals surface area contributed by atoms with Crippen LogP contribution in [0, 0.1) is 0 Å². The number of phenolic OH excluding ortho intramolecular Hbond substituents is 3. The van der Waals surface area contributed by atoms with E-state index in [1.54, 1.807) is 12.1 Å². The van der Waals surface area contributed by atoms with Gasteiger partial charge in [0.15, 0.2) is 41.7 Å². The van der Waals surface area contributed by atoms with Gasteiger partial charge in [0, 0.05) is 13.0 Å². The zero-order valence-corrected chi connectivity index (χ0v) is 26.3. The number of aliphatic hydroxyl groups excluding tert-OH is 4. The van der Waals surface area contributed by atoms with Crippen LogP contribution in [0.15, 0.2) is 42.5 Å². The second-order valence-corrected chi connectivity index (χ2v) is 11.2. The third-order valence-electron chi connectivity index (χ3n) is 7.74. The standard InChI is InChI=1S/C32H40O16/c1-15-25(38)27(40)28(41)31(45-15)48-29-26(39)23(14-44-24(37)9-6-17-4-7-19(34)21(36)12-17)47-32(30(29)46-16(2)33)43-11-10-18-5-8-20(35)22(13-18)42-3/h4-9,12-13,15,23,25-32,34-36,38-41H,10-11,14H2,1-3H3/b9-6-/t15-,23+,25-,26+,27+,28+,29-,30+,31-,32+/m0/s1. The largest absolute Gasteiger partial charge is 0.504 e. The van der Waals surface area contributed by atoms with E-state index in [1.165, 1.54) is 44.4 Å². The van der Waals surface area contributed by atoms with Crippen LogP contribution in [-0.2, 0) is 44.4 Å². The topological polar surface area (TPSA) is 240 Å². The molecule has 0 radical (unpaired) electrons. The van der Waals surface area contributed by atoms with Crippen LogP contribution in [0.25, 0.3) is 6.08 Å². The minimum atomic E-state index is -1.77. The normalized spacial score (nSPS) is 30.6. The first-order chi connectivity index (χ1) is 22.8. The molecular formula is C32H40O16. The Labute approximate surface area is 275 Å². The summed E-state index contributed by atoms with van der Waals surface area (Å²) >= 11 is 0. The van der Waals surface area contributed by atoms with Crippen molar-refractivity contribution in [2.24, 2.45) is 0 Å². The first kappa shape index (κ1) is 36.8. The van der Waals surface area contributed by atoms with Gasteiger partial charge in [0.05, 0.1) is 19.8 Å². The van der Waals surface area contributed by atoms with Crippen molar-refractivity contribution in [2.45, 2.75) is 81.7 Å². The smallest absolute Gasteiger partial charge is 0.330 e. The highest BCUT2D eigenvalue weighted by Crippen LogP contribution is 2.32. The van der Waals surface area contributed by atoms with Gasteiger partial charge >= 0.3 is 11.9 Å². The third-order valence-corrected chi connectivity index (χ3v) is 7.74.